The molecule has 1 radical (unpaired) electrons. The monoisotopic (exact) mass is 149 g/mol. The average molecular weight is 149 g/mol. The molecule has 0 saturated carbocycles. The summed E-state index contributed by atoms with van der Waals surface area (Å²) in [6.07, 6.45) is 5.03. The van der Waals surface area contributed by atoms with Crippen LogP contribution in [0.15, 0.2) is 24.5 Å². The Kier molecular flexibility index (Phi) is 2.60. The van der Waals surface area contributed by atoms with Gasteiger partial charge >= 0.3 is 6.41 Å². The van der Waals surface area contributed by atoms with E-state index >= 15 is 0 Å². The molecule has 0 aliphatic heterocycles. The van der Waals surface area contributed by atoms with Crippen molar-refractivity contribution in [2.75, 3.05) is 0 Å². The highest BCUT2D eigenvalue weighted by atomic mass is 16.1. The second-order valence-electron chi connectivity index (χ2n) is 2.25. The van der Waals surface area contributed by atoms with Crippen molar-refractivity contribution >= 4 is 6.41 Å². The zero-order valence-electron chi connectivity index (χ0n) is 6.24. The normalized spacial score (nSPS) is 12.1. The van der Waals surface area contributed by atoms with Crippen molar-refractivity contribution in [3.8, 4) is 0 Å². The molecule has 0 saturated heterocycles. The van der Waals surface area contributed by atoms with Gasteiger partial charge in [-0.1, -0.05) is 0 Å². The van der Waals surface area contributed by atoms with Gasteiger partial charge in [-0.05, 0) is 24.6 Å². The topological polar surface area (TPSA) is 42.0 Å². The molecule has 11 heavy (non-hydrogen) atoms. The summed E-state index contributed by atoms with van der Waals surface area (Å²) in [4.78, 5) is 13.8. The van der Waals surface area contributed by atoms with Crippen molar-refractivity contribution in [2.24, 2.45) is 0 Å². The van der Waals surface area contributed by atoms with Crippen molar-refractivity contribution < 1.29 is 4.79 Å². The molecule has 3 nitrogen and oxygen atoms in total. The molecule has 1 aromatic rings. The van der Waals surface area contributed by atoms with Crippen LogP contribution in [-0.4, -0.2) is 11.4 Å². The molecule has 1 amide bonds. The van der Waals surface area contributed by atoms with Crippen LogP contribution < -0.4 is 5.32 Å². The zero-order chi connectivity index (χ0) is 8.10. The molecule has 1 atom stereocenters. The zero-order valence-corrected chi connectivity index (χ0v) is 6.24. The van der Waals surface area contributed by atoms with Crippen LogP contribution in [0.2, 0.25) is 0 Å². The van der Waals surface area contributed by atoms with E-state index in [0.717, 1.165) is 5.56 Å². The fourth-order valence-corrected chi connectivity index (χ4v) is 0.824. The minimum Gasteiger partial charge on any atom is -0.341 e. The summed E-state index contributed by atoms with van der Waals surface area (Å²) in [5, 5.41) is 2.53. The number of nitrogens with one attached hydrogen (secondary N) is 1. The van der Waals surface area contributed by atoms with Gasteiger partial charge in [0.05, 0.1) is 6.04 Å². The molecule has 1 N–H and O–H groups in total. The Balaban J connectivity index is 2.68. The summed E-state index contributed by atoms with van der Waals surface area (Å²) in [7, 11) is 0. The molecule has 1 aromatic heterocycles. The average Bonchev–Trinajstić information content (AvgIpc) is 2.07. The van der Waals surface area contributed by atoms with Crippen LogP contribution in [0.5, 0.6) is 0 Å². The third-order valence-corrected chi connectivity index (χ3v) is 1.48. The molecular weight excluding hydrogens is 140 g/mol. The second-order valence-corrected chi connectivity index (χ2v) is 2.25. The Hall–Kier alpha value is -1.38. The molecule has 1 rings (SSSR count). The highest BCUT2D eigenvalue weighted by Gasteiger charge is 2.01. The van der Waals surface area contributed by atoms with Crippen LogP contribution in [0.1, 0.15) is 18.5 Å². The fraction of sp³-hybridized carbons (Fsp3) is 0.250. The molecule has 0 fully saturated rings. The molecule has 0 aliphatic rings. The molecule has 0 spiro atoms. The van der Waals surface area contributed by atoms with Crippen LogP contribution >= 0.6 is 0 Å². The molecular formula is C8H9N2O. The SMILES string of the molecule is CC(N[C]=O)c1ccncc1. The smallest absolute Gasteiger partial charge is 0.309 e. The number of amides is 1. The number of pyridine rings is 1. The van der Waals surface area contributed by atoms with E-state index in [0.29, 0.717) is 0 Å². The van der Waals surface area contributed by atoms with Gasteiger partial charge < -0.3 is 5.32 Å². The van der Waals surface area contributed by atoms with Gasteiger partial charge in [0.25, 0.3) is 0 Å². The van der Waals surface area contributed by atoms with E-state index < -0.39 is 0 Å². The first-order valence-electron chi connectivity index (χ1n) is 3.37. The van der Waals surface area contributed by atoms with E-state index in [4.69, 9.17) is 0 Å². The maximum Gasteiger partial charge on any atom is 0.309 e. The van der Waals surface area contributed by atoms with Crippen molar-refractivity contribution in [2.45, 2.75) is 13.0 Å². The fourth-order valence-electron chi connectivity index (χ4n) is 0.824. The summed E-state index contributed by atoms with van der Waals surface area (Å²) in [5.74, 6) is 0. The summed E-state index contributed by atoms with van der Waals surface area (Å²) < 4.78 is 0. The first kappa shape index (κ1) is 7.72. The van der Waals surface area contributed by atoms with E-state index in [-0.39, 0.29) is 6.04 Å². The number of nitrogens with zero attached hydrogens (tertiary/aromatic N) is 1. The van der Waals surface area contributed by atoms with E-state index in [9.17, 15) is 4.79 Å². The number of hydrogen-bond acceptors (Lipinski definition) is 2. The molecule has 0 aromatic carbocycles. The molecule has 3 heteroatoms. The van der Waals surface area contributed by atoms with Gasteiger partial charge in [-0.2, -0.15) is 0 Å². The third kappa shape index (κ3) is 2.04. The maximum atomic E-state index is 9.94. The predicted molar refractivity (Wildman–Crippen MR) is 41.5 cm³/mol. The minimum absolute atomic E-state index is 0.00972. The molecule has 0 aliphatic carbocycles. The van der Waals surface area contributed by atoms with Gasteiger partial charge in [-0.3, -0.25) is 9.78 Å². The minimum atomic E-state index is 0.00972. The van der Waals surface area contributed by atoms with Gasteiger partial charge in [-0.25, -0.2) is 0 Å². The number of hydrogen-bond donors (Lipinski definition) is 1. The lowest BCUT2D eigenvalue weighted by molar-refractivity contribution is 0.529. The molecule has 1 unspecified atom stereocenters. The summed E-state index contributed by atoms with van der Waals surface area (Å²) in [6.45, 7) is 1.89. The highest BCUT2D eigenvalue weighted by Crippen LogP contribution is 2.08. The second kappa shape index (κ2) is 3.71. The summed E-state index contributed by atoms with van der Waals surface area (Å²) in [5.41, 5.74) is 1.03. The number of carbonyl (C=O) groups excluding carboxylic acids is 1. The Labute approximate surface area is 65.5 Å². The Morgan fingerprint density at radius 3 is 2.73 bits per heavy atom. The lowest BCUT2D eigenvalue weighted by atomic mass is 10.1. The van der Waals surface area contributed by atoms with Crippen LogP contribution in [-0.2, 0) is 4.79 Å². The van der Waals surface area contributed by atoms with Crippen molar-refractivity contribution in [1.82, 2.24) is 10.3 Å². The van der Waals surface area contributed by atoms with E-state index in [1.54, 1.807) is 18.8 Å². The Morgan fingerprint density at radius 1 is 1.55 bits per heavy atom. The van der Waals surface area contributed by atoms with E-state index in [2.05, 4.69) is 10.3 Å². The first-order valence-corrected chi connectivity index (χ1v) is 3.37. The standard InChI is InChI=1S/C8H9N2O/c1-7(10-6-11)8-2-4-9-5-3-8/h2-5,7H,1H3,(H,10,11). The quantitative estimate of drug-likeness (QED) is 0.646. The van der Waals surface area contributed by atoms with Gasteiger partial charge in [0.1, 0.15) is 0 Å². The highest BCUT2D eigenvalue weighted by molar-refractivity contribution is 5.48. The van der Waals surface area contributed by atoms with Crippen LogP contribution in [0.4, 0.5) is 0 Å². The van der Waals surface area contributed by atoms with Crippen molar-refractivity contribution in [3.05, 3.63) is 30.1 Å². The third-order valence-electron chi connectivity index (χ3n) is 1.48. The van der Waals surface area contributed by atoms with Crippen LogP contribution in [0, 0.1) is 0 Å². The van der Waals surface area contributed by atoms with E-state index in [1.165, 1.54) is 0 Å². The Bertz CT molecular complexity index is 223. The lowest BCUT2D eigenvalue weighted by Gasteiger charge is -2.07. The predicted octanol–water partition coefficient (Wildman–Crippen LogP) is 0.799. The summed E-state index contributed by atoms with van der Waals surface area (Å²) >= 11 is 0. The van der Waals surface area contributed by atoms with Gasteiger partial charge in [-0.15, -0.1) is 0 Å². The van der Waals surface area contributed by atoms with Gasteiger partial charge in [0.15, 0.2) is 0 Å². The van der Waals surface area contributed by atoms with Gasteiger partial charge in [0.2, 0.25) is 0 Å². The van der Waals surface area contributed by atoms with Gasteiger partial charge in [0, 0.05) is 12.4 Å². The van der Waals surface area contributed by atoms with Crippen molar-refractivity contribution in [1.29, 1.82) is 0 Å². The first-order chi connectivity index (χ1) is 5.34. The largest absolute Gasteiger partial charge is 0.341 e. The molecule has 1 heterocycles. The Morgan fingerprint density at radius 2 is 2.18 bits per heavy atom. The lowest BCUT2D eigenvalue weighted by Crippen LogP contribution is -2.15. The molecule has 0 bridgehead atoms. The molecule has 57 valence electrons. The van der Waals surface area contributed by atoms with Crippen LogP contribution in [0.25, 0.3) is 0 Å². The maximum absolute atomic E-state index is 9.94. The van der Waals surface area contributed by atoms with E-state index in [1.807, 2.05) is 19.1 Å². The number of aromatic nitrogens is 1. The van der Waals surface area contributed by atoms with Crippen LogP contribution in [0.3, 0.4) is 0 Å². The summed E-state index contributed by atoms with van der Waals surface area (Å²) in [6, 6.07) is 3.72. The van der Waals surface area contributed by atoms with Crippen molar-refractivity contribution in [3.63, 3.8) is 0 Å². The number of rotatable bonds is 3.